The van der Waals surface area contributed by atoms with Crippen molar-refractivity contribution in [2.24, 2.45) is 0 Å². The van der Waals surface area contributed by atoms with Crippen LogP contribution in [0.2, 0.25) is 0 Å². The highest BCUT2D eigenvalue weighted by molar-refractivity contribution is 9.10. The maximum atomic E-state index is 5.98. The van der Waals surface area contributed by atoms with Crippen LogP contribution in [0.3, 0.4) is 0 Å². The molecule has 0 bridgehead atoms. The van der Waals surface area contributed by atoms with Gasteiger partial charge in [0.1, 0.15) is 10.8 Å². The topological polar surface area (TPSA) is 64.7 Å². The van der Waals surface area contributed by atoms with Crippen LogP contribution < -0.4 is 5.73 Å². The highest BCUT2D eigenvalue weighted by Crippen LogP contribution is 2.38. The molecule has 1 atom stereocenters. The predicted octanol–water partition coefficient (Wildman–Crippen LogP) is 4.67. The first kappa shape index (κ1) is 17.0. The Bertz CT molecular complexity index is 723. The average molecular weight is 411 g/mol. The summed E-state index contributed by atoms with van der Waals surface area (Å²) in [5, 5.41) is 1.78. The fourth-order valence-electron chi connectivity index (χ4n) is 2.87. The monoisotopic (exact) mass is 410 g/mol. The summed E-state index contributed by atoms with van der Waals surface area (Å²) in [4.78, 5) is 13.6. The molecule has 0 radical (unpaired) electrons. The Kier molecular flexibility index (Phi) is 5.49. The predicted molar refractivity (Wildman–Crippen MR) is 101 cm³/mol. The van der Waals surface area contributed by atoms with Crippen LogP contribution in [-0.4, -0.2) is 21.2 Å². The van der Waals surface area contributed by atoms with Crippen LogP contribution in [0.25, 0.3) is 0 Å². The van der Waals surface area contributed by atoms with Crippen LogP contribution in [0.15, 0.2) is 26.9 Å². The Labute approximate surface area is 153 Å². The second-order valence-electron chi connectivity index (χ2n) is 5.52. The lowest BCUT2D eigenvalue weighted by Gasteiger charge is -2.21. The molecule has 0 amide bonds. The number of aromatic nitrogens is 3. The first-order chi connectivity index (χ1) is 11.1. The number of thioether (sulfide) groups is 2. The van der Waals surface area contributed by atoms with Crippen molar-refractivity contribution in [1.29, 1.82) is 0 Å². The molecule has 2 aromatic heterocycles. The van der Waals surface area contributed by atoms with Gasteiger partial charge in [0.15, 0.2) is 5.16 Å². The highest BCUT2D eigenvalue weighted by Gasteiger charge is 2.20. The Hall–Kier alpha value is -0.790. The number of nitrogen functional groups attached to an aromatic ring is 1. The lowest BCUT2D eigenvalue weighted by atomic mass is 9.90. The van der Waals surface area contributed by atoms with E-state index in [9.17, 15) is 0 Å². The molecule has 122 valence electrons. The van der Waals surface area contributed by atoms with E-state index in [1.165, 1.54) is 36.1 Å². The number of nitrogens with two attached hydrogens (primary N) is 1. The second-order valence-corrected chi connectivity index (χ2v) is 8.41. The van der Waals surface area contributed by atoms with E-state index in [1.54, 1.807) is 23.5 Å². The molecule has 2 N–H and O–H groups in total. The molecule has 0 aliphatic heterocycles. The first-order valence-electron chi connectivity index (χ1n) is 7.60. The van der Waals surface area contributed by atoms with Gasteiger partial charge in [-0.1, -0.05) is 11.8 Å². The van der Waals surface area contributed by atoms with Gasteiger partial charge in [-0.25, -0.2) is 9.97 Å². The Morgan fingerprint density at radius 2 is 2.04 bits per heavy atom. The second kappa shape index (κ2) is 7.40. The molecule has 1 aliphatic rings. The van der Waals surface area contributed by atoms with E-state index in [4.69, 9.17) is 5.73 Å². The minimum Gasteiger partial charge on any atom is -0.383 e. The zero-order chi connectivity index (χ0) is 16.4. The van der Waals surface area contributed by atoms with Crippen LogP contribution in [0, 0.1) is 0 Å². The van der Waals surface area contributed by atoms with Crippen molar-refractivity contribution in [1.82, 2.24) is 15.0 Å². The summed E-state index contributed by atoms with van der Waals surface area (Å²) in [6, 6.07) is 2.16. The number of rotatable bonds is 4. The fourth-order valence-corrected chi connectivity index (χ4v) is 4.97. The fraction of sp³-hybridized carbons (Fsp3) is 0.438. The summed E-state index contributed by atoms with van der Waals surface area (Å²) in [5.41, 5.74) is 10.0. The number of halogens is 1. The van der Waals surface area contributed by atoms with E-state index in [2.05, 4.69) is 43.9 Å². The summed E-state index contributed by atoms with van der Waals surface area (Å²) in [6.45, 7) is 2.17. The standard InChI is InChI=1S/C16H19BrN4S2/c1-9(13-11-6-4-3-5-10(11)7-8-19-13)23-16-20-14(18)12(17)15(21-16)22-2/h7-9H,3-6H2,1-2H3,(H2,18,20,21). The number of hydrogen-bond acceptors (Lipinski definition) is 6. The minimum absolute atomic E-state index is 0.207. The van der Waals surface area contributed by atoms with Crippen molar-refractivity contribution in [3.63, 3.8) is 0 Å². The zero-order valence-electron chi connectivity index (χ0n) is 13.2. The molecule has 0 aromatic carbocycles. The van der Waals surface area contributed by atoms with E-state index in [0.29, 0.717) is 11.0 Å². The number of fused-ring (bicyclic) bond motifs is 1. The van der Waals surface area contributed by atoms with Crippen LogP contribution >= 0.6 is 39.5 Å². The van der Waals surface area contributed by atoms with E-state index in [-0.39, 0.29) is 5.25 Å². The molecular formula is C16H19BrN4S2. The Balaban J connectivity index is 1.88. The molecular weight excluding hydrogens is 392 g/mol. The van der Waals surface area contributed by atoms with Crippen molar-refractivity contribution in [3.8, 4) is 0 Å². The molecule has 0 spiro atoms. The molecule has 1 unspecified atom stereocenters. The quantitative estimate of drug-likeness (QED) is 0.448. The van der Waals surface area contributed by atoms with Gasteiger partial charge in [0.25, 0.3) is 0 Å². The first-order valence-corrected chi connectivity index (χ1v) is 10.5. The van der Waals surface area contributed by atoms with Crippen molar-refractivity contribution in [3.05, 3.63) is 33.6 Å². The Morgan fingerprint density at radius 1 is 1.26 bits per heavy atom. The number of aryl methyl sites for hydroxylation is 1. The highest BCUT2D eigenvalue weighted by atomic mass is 79.9. The smallest absolute Gasteiger partial charge is 0.191 e. The maximum Gasteiger partial charge on any atom is 0.191 e. The van der Waals surface area contributed by atoms with Crippen LogP contribution in [0.5, 0.6) is 0 Å². The molecule has 3 rings (SSSR count). The van der Waals surface area contributed by atoms with Gasteiger partial charge in [-0.3, -0.25) is 4.98 Å². The summed E-state index contributed by atoms with van der Waals surface area (Å²) in [6.07, 6.45) is 8.74. The van der Waals surface area contributed by atoms with Gasteiger partial charge in [0.2, 0.25) is 0 Å². The van der Waals surface area contributed by atoms with Crippen molar-refractivity contribution in [2.75, 3.05) is 12.0 Å². The van der Waals surface area contributed by atoms with Gasteiger partial charge in [-0.05, 0) is 72.0 Å². The number of pyridine rings is 1. The van der Waals surface area contributed by atoms with E-state index in [1.807, 2.05) is 12.5 Å². The minimum atomic E-state index is 0.207. The average Bonchev–Trinajstić information content (AvgIpc) is 2.57. The van der Waals surface area contributed by atoms with Gasteiger partial charge in [-0.2, -0.15) is 0 Å². The SMILES string of the molecule is CSc1nc(SC(C)c2nccc3c2CCCC3)nc(N)c1Br. The third kappa shape index (κ3) is 3.67. The molecule has 7 heteroatoms. The summed E-state index contributed by atoms with van der Waals surface area (Å²) < 4.78 is 0.775. The summed E-state index contributed by atoms with van der Waals surface area (Å²) in [7, 11) is 0. The largest absolute Gasteiger partial charge is 0.383 e. The van der Waals surface area contributed by atoms with Crippen LogP contribution in [0.4, 0.5) is 5.82 Å². The number of nitrogens with zero attached hydrogens (tertiary/aromatic N) is 3. The lowest BCUT2D eigenvalue weighted by Crippen LogP contribution is -2.09. The van der Waals surface area contributed by atoms with E-state index >= 15 is 0 Å². The van der Waals surface area contributed by atoms with Crippen molar-refractivity contribution in [2.45, 2.75) is 48.0 Å². The third-order valence-electron chi connectivity index (χ3n) is 4.00. The molecule has 2 heterocycles. The van der Waals surface area contributed by atoms with E-state index < -0.39 is 0 Å². The summed E-state index contributed by atoms with van der Waals surface area (Å²) in [5.74, 6) is 0.488. The number of anilines is 1. The molecule has 1 aliphatic carbocycles. The van der Waals surface area contributed by atoms with Crippen LogP contribution in [-0.2, 0) is 12.8 Å². The number of hydrogen-bond donors (Lipinski definition) is 1. The molecule has 2 aromatic rings. The zero-order valence-corrected chi connectivity index (χ0v) is 16.4. The van der Waals surface area contributed by atoms with Gasteiger partial charge in [-0.15, -0.1) is 11.8 Å². The van der Waals surface area contributed by atoms with Gasteiger partial charge >= 0.3 is 0 Å². The van der Waals surface area contributed by atoms with Gasteiger partial charge in [0, 0.05) is 6.20 Å². The van der Waals surface area contributed by atoms with Crippen molar-refractivity contribution < 1.29 is 0 Å². The molecule has 0 saturated heterocycles. The van der Waals surface area contributed by atoms with Gasteiger partial charge < -0.3 is 5.73 Å². The molecule has 23 heavy (non-hydrogen) atoms. The molecule has 0 saturated carbocycles. The van der Waals surface area contributed by atoms with Gasteiger partial charge in [0.05, 0.1) is 15.4 Å². The van der Waals surface area contributed by atoms with Crippen molar-refractivity contribution >= 4 is 45.3 Å². The molecule has 4 nitrogen and oxygen atoms in total. The normalized spacial score (nSPS) is 15.3. The summed E-state index contributed by atoms with van der Waals surface area (Å²) >= 11 is 6.63. The maximum absolute atomic E-state index is 5.98. The molecule has 0 fully saturated rings. The lowest BCUT2D eigenvalue weighted by molar-refractivity contribution is 0.671. The van der Waals surface area contributed by atoms with Crippen LogP contribution in [0.1, 0.15) is 41.8 Å². The third-order valence-corrected chi connectivity index (χ3v) is 6.69. The Morgan fingerprint density at radius 3 is 2.83 bits per heavy atom. The van der Waals surface area contributed by atoms with E-state index in [0.717, 1.165) is 15.9 Å².